The number of carbonyl (C=O) groups excluding carboxylic acids is 1. The molecule has 0 bridgehead atoms. The van der Waals surface area contributed by atoms with E-state index in [2.05, 4.69) is 37.5 Å². The largest absolute Gasteiger partial charge is 0.439 e. The van der Waals surface area contributed by atoms with Crippen molar-refractivity contribution in [3.8, 4) is 23.1 Å². The number of pyridine rings is 1. The number of rotatable bonds is 9. The summed E-state index contributed by atoms with van der Waals surface area (Å²) in [7, 11) is 2.17. The summed E-state index contributed by atoms with van der Waals surface area (Å²) >= 11 is 0. The molecule has 0 saturated carbocycles. The zero-order valence-corrected chi connectivity index (χ0v) is 21.2. The molecule has 4 aromatic rings. The van der Waals surface area contributed by atoms with Crippen LogP contribution in [0, 0.1) is 5.92 Å². The normalized spacial score (nSPS) is 14.8. The van der Waals surface area contributed by atoms with E-state index >= 15 is 0 Å². The summed E-state index contributed by atoms with van der Waals surface area (Å²) in [5, 5.41) is 10.6. The molecule has 37 heavy (non-hydrogen) atoms. The molecule has 1 saturated heterocycles. The van der Waals surface area contributed by atoms with Gasteiger partial charge in [-0.15, -0.1) is 0 Å². The first-order valence-corrected chi connectivity index (χ1v) is 12.7. The lowest BCUT2D eigenvalue weighted by molar-refractivity contribution is 0.0951. The standard InChI is InChI=1S/C26H32N8O3/c1-3-34-21-15-22(29-16-20(21)30-25(34)23-24(27)32-37-31-23)36-19-8-4-7-18(14-19)26(35)28-11-5-6-17-9-12-33(2)13-10-17/h4,7-8,14-17H,3,5-6,9-13H2,1-2H3,(H2,27,32)(H,28,35). The van der Waals surface area contributed by atoms with Gasteiger partial charge in [-0.2, -0.15) is 0 Å². The quantitative estimate of drug-likeness (QED) is 0.327. The minimum Gasteiger partial charge on any atom is -0.439 e. The Bertz CT molecular complexity index is 1370. The van der Waals surface area contributed by atoms with Crippen molar-refractivity contribution in [3.05, 3.63) is 42.1 Å². The lowest BCUT2D eigenvalue weighted by Gasteiger charge is -2.28. The van der Waals surface area contributed by atoms with Crippen molar-refractivity contribution in [3.63, 3.8) is 0 Å². The number of ether oxygens (including phenoxy) is 1. The number of benzene rings is 1. The average Bonchev–Trinajstić information content (AvgIpc) is 3.50. The lowest BCUT2D eigenvalue weighted by Crippen LogP contribution is -2.31. The Balaban J connectivity index is 1.23. The van der Waals surface area contributed by atoms with Gasteiger partial charge in [0, 0.05) is 24.7 Å². The Morgan fingerprint density at radius 1 is 1.24 bits per heavy atom. The zero-order valence-electron chi connectivity index (χ0n) is 21.2. The highest BCUT2D eigenvalue weighted by Gasteiger charge is 2.20. The molecule has 3 aromatic heterocycles. The van der Waals surface area contributed by atoms with E-state index in [-0.39, 0.29) is 11.7 Å². The molecular formula is C26H32N8O3. The maximum Gasteiger partial charge on any atom is 0.251 e. The summed E-state index contributed by atoms with van der Waals surface area (Å²) in [6.45, 7) is 5.62. The Morgan fingerprint density at radius 3 is 2.84 bits per heavy atom. The van der Waals surface area contributed by atoms with E-state index in [0.29, 0.717) is 47.3 Å². The van der Waals surface area contributed by atoms with Crippen molar-refractivity contribution in [2.75, 3.05) is 32.4 Å². The van der Waals surface area contributed by atoms with Gasteiger partial charge in [0.1, 0.15) is 11.3 Å². The minimum atomic E-state index is -0.107. The predicted octanol–water partition coefficient (Wildman–Crippen LogP) is 3.73. The van der Waals surface area contributed by atoms with Crippen molar-refractivity contribution in [1.29, 1.82) is 0 Å². The molecule has 4 heterocycles. The highest BCUT2D eigenvalue weighted by molar-refractivity contribution is 5.94. The van der Waals surface area contributed by atoms with Gasteiger partial charge < -0.3 is 25.3 Å². The van der Waals surface area contributed by atoms with Crippen molar-refractivity contribution in [1.82, 2.24) is 35.1 Å². The third-order valence-electron chi connectivity index (χ3n) is 6.88. The van der Waals surface area contributed by atoms with Crippen LogP contribution in [-0.2, 0) is 6.54 Å². The molecular weight excluding hydrogens is 472 g/mol. The second-order valence-corrected chi connectivity index (χ2v) is 9.46. The number of nitrogens with two attached hydrogens (primary N) is 1. The molecule has 1 aromatic carbocycles. The Morgan fingerprint density at radius 2 is 2.08 bits per heavy atom. The molecule has 5 rings (SSSR count). The summed E-state index contributed by atoms with van der Waals surface area (Å²) in [6.07, 6.45) is 6.26. The number of nitrogen functional groups attached to an aromatic ring is 1. The van der Waals surface area contributed by atoms with Crippen LogP contribution in [0.4, 0.5) is 5.82 Å². The number of aryl methyl sites for hydroxylation is 1. The number of carbonyl (C=O) groups is 1. The number of piperidine rings is 1. The molecule has 1 amide bonds. The van der Waals surface area contributed by atoms with Gasteiger partial charge in [0.2, 0.25) is 5.88 Å². The number of nitrogens with zero attached hydrogens (tertiary/aromatic N) is 6. The fourth-order valence-electron chi connectivity index (χ4n) is 4.78. The maximum atomic E-state index is 12.7. The number of hydrogen-bond acceptors (Lipinski definition) is 9. The Hall–Kier alpha value is -3.99. The van der Waals surface area contributed by atoms with Crippen LogP contribution in [0.25, 0.3) is 22.6 Å². The summed E-state index contributed by atoms with van der Waals surface area (Å²) in [5.41, 5.74) is 8.27. The molecule has 1 fully saturated rings. The number of hydrogen-bond donors (Lipinski definition) is 2. The molecule has 1 aliphatic rings. The number of amides is 1. The third kappa shape index (κ3) is 5.56. The van der Waals surface area contributed by atoms with Gasteiger partial charge in [-0.25, -0.2) is 14.6 Å². The van der Waals surface area contributed by atoms with Crippen LogP contribution in [0.1, 0.15) is 43.0 Å². The summed E-state index contributed by atoms with van der Waals surface area (Å²) in [6, 6.07) is 8.91. The van der Waals surface area contributed by atoms with Crippen LogP contribution < -0.4 is 15.8 Å². The van der Waals surface area contributed by atoms with Gasteiger partial charge in [-0.1, -0.05) is 6.07 Å². The zero-order chi connectivity index (χ0) is 25.8. The van der Waals surface area contributed by atoms with E-state index in [1.807, 2.05) is 11.5 Å². The van der Waals surface area contributed by atoms with Gasteiger partial charge in [0.25, 0.3) is 5.91 Å². The molecule has 0 spiro atoms. The molecule has 0 unspecified atom stereocenters. The van der Waals surface area contributed by atoms with Crippen LogP contribution in [0.5, 0.6) is 11.6 Å². The van der Waals surface area contributed by atoms with Crippen molar-refractivity contribution in [2.45, 2.75) is 39.2 Å². The number of imidazole rings is 1. The summed E-state index contributed by atoms with van der Waals surface area (Å²) in [5.74, 6) is 2.29. The first kappa shape index (κ1) is 24.7. The third-order valence-corrected chi connectivity index (χ3v) is 6.88. The van der Waals surface area contributed by atoms with E-state index in [1.165, 1.54) is 25.9 Å². The lowest BCUT2D eigenvalue weighted by atomic mass is 9.92. The highest BCUT2D eigenvalue weighted by atomic mass is 16.6. The topological polar surface area (TPSA) is 137 Å². The number of likely N-dealkylation sites (tertiary alicyclic amines) is 1. The fourth-order valence-corrected chi connectivity index (χ4v) is 4.78. The molecule has 3 N–H and O–H groups in total. The Labute approximate surface area is 215 Å². The molecule has 0 atom stereocenters. The number of anilines is 1. The van der Waals surface area contributed by atoms with Crippen molar-refractivity contribution in [2.24, 2.45) is 5.92 Å². The van der Waals surface area contributed by atoms with Crippen molar-refractivity contribution < 1.29 is 14.2 Å². The second-order valence-electron chi connectivity index (χ2n) is 9.46. The summed E-state index contributed by atoms with van der Waals surface area (Å²) < 4.78 is 12.7. The van der Waals surface area contributed by atoms with E-state index in [0.717, 1.165) is 24.3 Å². The number of fused-ring (bicyclic) bond motifs is 1. The van der Waals surface area contributed by atoms with Gasteiger partial charge in [0.05, 0.1) is 11.7 Å². The molecule has 194 valence electrons. The van der Waals surface area contributed by atoms with Crippen LogP contribution in [0.3, 0.4) is 0 Å². The first-order chi connectivity index (χ1) is 18.0. The van der Waals surface area contributed by atoms with Gasteiger partial charge in [-0.05, 0) is 87.2 Å². The fraction of sp³-hybridized carbons (Fsp3) is 0.423. The molecule has 11 heteroatoms. The number of aromatic nitrogens is 5. The van der Waals surface area contributed by atoms with Gasteiger partial charge in [-0.3, -0.25) is 4.79 Å². The van der Waals surface area contributed by atoms with Crippen LogP contribution in [-0.4, -0.2) is 62.3 Å². The Kier molecular flexibility index (Phi) is 7.31. The smallest absolute Gasteiger partial charge is 0.251 e. The van der Waals surface area contributed by atoms with E-state index in [9.17, 15) is 4.79 Å². The van der Waals surface area contributed by atoms with E-state index in [1.54, 1.807) is 36.5 Å². The highest BCUT2D eigenvalue weighted by Crippen LogP contribution is 2.29. The summed E-state index contributed by atoms with van der Waals surface area (Å²) in [4.78, 5) is 24.1. The van der Waals surface area contributed by atoms with Crippen molar-refractivity contribution >= 4 is 22.8 Å². The SMILES string of the molecule is CCn1c(-c2nonc2N)nc2cnc(Oc3cccc(C(=O)NCCCC4CCN(C)CC4)c3)cc21. The van der Waals surface area contributed by atoms with Gasteiger partial charge in [0.15, 0.2) is 17.3 Å². The maximum absolute atomic E-state index is 12.7. The average molecular weight is 505 g/mol. The van der Waals surface area contributed by atoms with E-state index in [4.69, 9.17) is 15.1 Å². The molecule has 0 aliphatic carbocycles. The number of nitrogens with one attached hydrogen (secondary N) is 1. The first-order valence-electron chi connectivity index (χ1n) is 12.7. The minimum absolute atomic E-state index is 0.107. The van der Waals surface area contributed by atoms with Crippen LogP contribution in [0.2, 0.25) is 0 Å². The van der Waals surface area contributed by atoms with Crippen LogP contribution in [0.15, 0.2) is 41.2 Å². The van der Waals surface area contributed by atoms with Gasteiger partial charge >= 0.3 is 0 Å². The van der Waals surface area contributed by atoms with E-state index < -0.39 is 0 Å². The van der Waals surface area contributed by atoms with Crippen LogP contribution >= 0.6 is 0 Å². The predicted molar refractivity (Wildman–Crippen MR) is 139 cm³/mol. The molecule has 0 radical (unpaired) electrons. The monoisotopic (exact) mass is 504 g/mol. The molecule has 1 aliphatic heterocycles. The molecule has 11 nitrogen and oxygen atoms in total. The second kappa shape index (κ2) is 11.0.